The fourth-order valence-corrected chi connectivity index (χ4v) is 4.72. The van der Waals surface area contributed by atoms with E-state index in [0.717, 1.165) is 10.1 Å². The van der Waals surface area contributed by atoms with Crippen LogP contribution in [0.25, 0.3) is 22.2 Å². The maximum atomic E-state index is 13.4. The summed E-state index contributed by atoms with van der Waals surface area (Å²) in [4.78, 5) is 37.5. The zero-order valence-corrected chi connectivity index (χ0v) is 18.4. The summed E-state index contributed by atoms with van der Waals surface area (Å²) in [5.41, 5.74) is 2.80. The molecule has 5 rings (SSSR count). The zero-order valence-electron chi connectivity index (χ0n) is 18.4. The molecule has 0 aliphatic carbocycles. The van der Waals surface area contributed by atoms with Gasteiger partial charge in [-0.15, -0.1) is 0 Å². The predicted molar refractivity (Wildman–Crippen MR) is 123 cm³/mol. The SMILES string of the molecule is Cc1ccc(-c2c3c(=O)n(C)c(=O)n(C)c3c3n2CCOC3c2ccccc2)cc1[N+](=O)[O-]. The summed E-state index contributed by atoms with van der Waals surface area (Å²) in [5.74, 6) is 0. The number of aromatic nitrogens is 3. The Hall–Kier alpha value is -3.98. The van der Waals surface area contributed by atoms with Crippen molar-refractivity contribution in [1.82, 2.24) is 13.7 Å². The average Bonchev–Trinajstić information content (AvgIpc) is 3.17. The zero-order chi connectivity index (χ0) is 23.4. The Labute approximate surface area is 188 Å². The van der Waals surface area contributed by atoms with Gasteiger partial charge in [-0.1, -0.05) is 42.5 Å². The van der Waals surface area contributed by atoms with E-state index >= 15 is 0 Å². The summed E-state index contributed by atoms with van der Waals surface area (Å²) in [6.07, 6.45) is -0.491. The van der Waals surface area contributed by atoms with Gasteiger partial charge < -0.3 is 9.30 Å². The van der Waals surface area contributed by atoms with E-state index in [1.54, 1.807) is 26.1 Å². The number of hydrogen-bond acceptors (Lipinski definition) is 5. The summed E-state index contributed by atoms with van der Waals surface area (Å²) in [5, 5.41) is 12.0. The second-order valence-corrected chi connectivity index (χ2v) is 8.23. The van der Waals surface area contributed by atoms with Gasteiger partial charge in [-0.3, -0.25) is 24.0 Å². The van der Waals surface area contributed by atoms with E-state index in [1.165, 1.54) is 17.7 Å². The van der Waals surface area contributed by atoms with Crippen LogP contribution in [0, 0.1) is 17.0 Å². The van der Waals surface area contributed by atoms with Crippen LogP contribution in [0.15, 0.2) is 58.1 Å². The standard InChI is InChI=1S/C24H22N4O5/c1-14-9-10-16(13-17(14)28(31)32)19-18-20(25(2)24(30)26(3)23(18)29)21-22(33-12-11-27(19)21)15-7-5-4-6-8-15/h4-10,13,22H,11-12H2,1-3H3. The van der Waals surface area contributed by atoms with Crippen molar-refractivity contribution in [3.8, 4) is 11.3 Å². The summed E-state index contributed by atoms with van der Waals surface area (Å²) in [6, 6.07) is 14.6. The van der Waals surface area contributed by atoms with Gasteiger partial charge in [-0.2, -0.15) is 0 Å². The van der Waals surface area contributed by atoms with Gasteiger partial charge in [-0.25, -0.2) is 4.79 Å². The van der Waals surface area contributed by atoms with E-state index in [0.29, 0.717) is 46.6 Å². The first kappa shape index (κ1) is 20.9. The Kier molecular flexibility index (Phi) is 4.79. The largest absolute Gasteiger partial charge is 0.365 e. The monoisotopic (exact) mass is 446 g/mol. The number of ether oxygens (including phenoxy) is 1. The van der Waals surface area contributed by atoms with Crippen LogP contribution in [-0.4, -0.2) is 25.2 Å². The van der Waals surface area contributed by atoms with Crippen LogP contribution in [-0.2, 0) is 25.4 Å². The molecule has 0 spiro atoms. The predicted octanol–water partition coefficient (Wildman–Crippen LogP) is 3.04. The van der Waals surface area contributed by atoms with Gasteiger partial charge in [0.15, 0.2) is 0 Å². The summed E-state index contributed by atoms with van der Waals surface area (Å²) in [6.45, 7) is 2.51. The van der Waals surface area contributed by atoms with Crippen molar-refractivity contribution in [2.75, 3.05) is 6.61 Å². The molecule has 1 unspecified atom stereocenters. The Bertz CT molecular complexity index is 1550. The maximum Gasteiger partial charge on any atom is 0.331 e. The molecular weight excluding hydrogens is 424 g/mol. The first-order valence-corrected chi connectivity index (χ1v) is 10.5. The second-order valence-electron chi connectivity index (χ2n) is 8.23. The van der Waals surface area contributed by atoms with Gasteiger partial charge in [0.25, 0.3) is 11.2 Å². The second kappa shape index (κ2) is 7.56. The minimum absolute atomic E-state index is 0.0236. The number of rotatable bonds is 3. The number of nitrogens with zero attached hydrogens (tertiary/aromatic N) is 4. The lowest BCUT2D eigenvalue weighted by atomic mass is 10.0. The van der Waals surface area contributed by atoms with Crippen LogP contribution in [0.5, 0.6) is 0 Å². The van der Waals surface area contributed by atoms with Crippen molar-refractivity contribution in [2.45, 2.75) is 19.6 Å². The minimum Gasteiger partial charge on any atom is -0.365 e. The van der Waals surface area contributed by atoms with Gasteiger partial charge in [0, 0.05) is 37.8 Å². The lowest BCUT2D eigenvalue weighted by Crippen LogP contribution is -2.37. The minimum atomic E-state index is -0.491. The topological polar surface area (TPSA) is 101 Å². The van der Waals surface area contributed by atoms with Crippen molar-refractivity contribution in [3.05, 3.63) is 96.3 Å². The Balaban J connectivity index is 1.95. The van der Waals surface area contributed by atoms with E-state index in [2.05, 4.69) is 0 Å². The van der Waals surface area contributed by atoms with Gasteiger partial charge >= 0.3 is 5.69 Å². The maximum absolute atomic E-state index is 13.4. The quantitative estimate of drug-likeness (QED) is 0.356. The number of fused-ring (bicyclic) bond motifs is 3. The van der Waals surface area contributed by atoms with Gasteiger partial charge in [-0.05, 0) is 12.5 Å². The highest BCUT2D eigenvalue weighted by Gasteiger charge is 2.33. The molecule has 168 valence electrons. The Morgan fingerprint density at radius 1 is 1.06 bits per heavy atom. The molecule has 2 aromatic carbocycles. The Morgan fingerprint density at radius 3 is 2.48 bits per heavy atom. The van der Waals surface area contributed by atoms with Crippen molar-refractivity contribution in [3.63, 3.8) is 0 Å². The van der Waals surface area contributed by atoms with Crippen LogP contribution >= 0.6 is 0 Å². The van der Waals surface area contributed by atoms with Gasteiger partial charge in [0.1, 0.15) is 6.10 Å². The number of nitro groups is 1. The molecule has 1 aliphatic heterocycles. The number of nitro benzene ring substituents is 1. The van der Waals surface area contributed by atoms with E-state index in [4.69, 9.17) is 4.74 Å². The average molecular weight is 446 g/mol. The molecule has 9 heteroatoms. The molecule has 0 amide bonds. The molecule has 3 heterocycles. The number of aryl methyl sites for hydroxylation is 2. The van der Waals surface area contributed by atoms with Gasteiger partial charge in [0.05, 0.1) is 33.8 Å². The van der Waals surface area contributed by atoms with Crippen LogP contribution < -0.4 is 11.2 Å². The first-order valence-electron chi connectivity index (χ1n) is 10.5. The van der Waals surface area contributed by atoms with Crippen molar-refractivity contribution in [2.24, 2.45) is 14.1 Å². The third-order valence-corrected chi connectivity index (χ3v) is 6.33. The van der Waals surface area contributed by atoms with Crippen LogP contribution in [0.4, 0.5) is 5.69 Å². The summed E-state index contributed by atoms with van der Waals surface area (Å²) < 4.78 is 10.6. The number of benzene rings is 2. The third-order valence-electron chi connectivity index (χ3n) is 6.33. The molecule has 0 saturated carbocycles. The fourth-order valence-electron chi connectivity index (χ4n) is 4.72. The third kappa shape index (κ3) is 3.04. The smallest absolute Gasteiger partial charge is 0.331 e. The highest BCUT2D eigenvalue weighted by atomic mass is 16.6. The number of hydrogen-bond donors (Lipinski definition) is 0. The molecule has 33 heavy (non-hydrogen) atoms. The molecule has 0 N–H and O–H groups in total. The lowest BCUT2D eigenvalue weighted by Gasteiger charge is -2.27. The van der Waals surface area contributed by atoms with Crippen molar-refractivity contribution in [1.29, 1.82) is 0 Å². The van der Waals surface area contributed by atoms with E-state index in [9.17, 15) is 19.7 Å². The van der Waals surface area contributed by atoms with Gasteiger partial charge in [0.2, 0.25) is 0 Å². The molecule has 1 aliphatic rings. The van der Waals surface area contributed by atoms with Crippen molar-refractivity contribution < 1.29 is 9.66 Å². The molecule has 2 aromatic heterocycles. The lowest BCUT2D eigenvalue weighted by molar-refractivity contribution is -0.385. The summed E-state index contributed by atoms with van der Waals surface area (Å²) >= 11 is 0. The molecule has 0 fully saturated rings. The summed E-state index contributed by atoms with van der Waals surface area (Å²) in [7, 11) is 3.07. The van der Waals surface area contributed by atoms with Crippen LogP contribution in [0.3, 0.4) is 0 Å². The molecule has 0 radical (unpaired) electrons. The highest BCUT2D eigenvalue weighted by molar-refractivity contribution is 5.97. The van der Waals surface area contributed by atoms with Crippen LogP contribution in [0.2, 0.25) is 0 Å². The molecule has 1 atom stereocenters. The molecule has 9 nitrogen and oxygen atoms in total. The molecular formula is C24H22N4O5. The van der Waals surface area contributed by atoms with E-state index < -0.39 is 22.3 Å². The normalized spacial score (nSPS) is 15.5. The van der Waals surface area contributed by atoms with E-state index in [1.807, 2.05) is 34.9 Å². The first-order chi connectivity index (χ1) is 15.8. The van der Waals surface area contributed by atoms with Crippen LogP contribution in [0.1, 0.15) is 22.9 Å². The van der Waals surface area contributed by atoms with Crippen molar-refractivity contribution >= 4 is 16.6 Å². The molecule has 0 saturated heterocycles. The molecule has 4 aromatic rings. The fraction of sp³-hybridized carbons (Fsp3) is 0.250. The molecule has 0 bridgehead atoms. The Morgan fingerprint density at radius 2 is 1.79 bits per heavy atom. The highest BCUT2D eigenvalue weighted by Crippen LogP contribution is 2.41. The van der Waals surface area contributed by atoms with E-state index in [-0.39, 0.29) is 5.69 Å².